The maximum atomic E-state index is 9.88. The fraction of sp³-hybridized carbons (Fsp3) is 0.250. The van der Waals surface area contributed by atoms with Gasteiger partial charge in [-0.05, 0) is 35.6 Å². The van der Waals surface area contributed by atoms with Crippen LogP contribution in [0.15, 0.2) is 72.0 Å². The van der Waals surface area contributed by atoms with E-state index >= 15 is 0 Å². The molecule has 154 valence electrons. The quantitative estimate of drug-likeness (QED) is 0.450. The molecule has 1 aliphatic carbocycles. The van der Waals surface area contributed by atoms with E-state index in [0.717, 1.165) is 45.6 Å². The van der Waals surface area contributed by atoms with Crippen LogP contribution in [0.4, 0.5) is 0 Å². The Morgan fingerprint density at radius 1 is 1.00 bits per heavy atom. The molecule has 5 nitrogen and oxygen atoms in total. The third-order valence-corrected chi connectivity index (χ3v) is 6.36. The average Bonchev–Trinajstić information content (AvgIpc) is 3.40. The number of fused-ring (bicyclic) bond motifs is 1. The molecule has 1 fully saturated rings. The minimum absolute atomic E-state index is 0.112. The SMILES string of the molecule is CC.C[S+](O)c1cccc(-c2cnn3cc(-c4ccc(C5(N)CC5)cc4)cnc23)c1. The van der Waals surface area contributed by atoms with Crippen molar-refractivity contribution in [3.05, 3.63) is 72.7 Å². The summed E-state index contributed by atoms with van der Waals surface area (Å²) in [4.78, 5) is 5.57. The van der Waals surface area contributed by atoms with E-state index in [0.29, 0.717) is 0 Å². The molecule has 0 amide bonds. The highest BCUT2D eigenvalue weighted by molar-refractivity contribution is 7.90. The van der Waals surface area contributed by atoms with E-state index in [1.165, 1.54) is 5.56 Å². The zero-order valence-electron chi connectivity index (χ0n) is 17.5. The van der Waals surface area contributed by atoms with Gasteiger partial charge in [0.25, 0.3) is 0 Å². The normalized spacial score (nSPS) is 15.4. The predicted octanol–water partition coefficient (Wildman–Crippen LogP) is 5.12. The van der Waals surface area contributed by atoms with Crippen molar-refractivity contribution < 1.29 is 4.55 Å². The second-order valence-corrected chi connectivity index (χ2v) is 8.84. The van der Waals surface area contributed by atoms with E-state index in [2.05, 4.69) is 34.3 Å². The molecule has 3 N–H and O–H groups in total. The van der Waals surface area contributed by atoms with Gasteiger partial charge in [0.15, 0.2) is 21.7 Å². The van der Waals surface area contributed by atoms with Crippen molar-refractivity contribution in [2.24, 2.45) is 5.73 Å². The van der Waals surface area contributed by atoms with Gasteiger partial charge in [-0.25, -0.2) is 9.50 Å². The summed E-state index contributed by atoms with van der Waals surface area (Å²) in [5, 5.41) is 4.50. The van der Waals surface area contributed by atoms with Crippen molar-refractivity contribution >= 4 is 16.8 Å². The first-order valence-electron chi connectivity index (χ1n) is 10.2. The molecule has 0 aliphatic heterocycles. The topological polar surface area (TPSA) is 76.4 Å². The molecule has 0 bridgehead atoms. The molecule has 0 radical (unpaired) electrons. The summed E-state index contributed by atoms with van der Waals surface area (Å²) in [6.07, 6.45) is 9.62. The molecule has 4 aromatic rings. The molecule has 2 heterocycles. The number of nitrogens with two attached hydrogens (primary N) is 1. The Kier molecular flexibility index (Phi) is 5.64. The van der Waals surface area contributed by atoms with Gasteiger partial charge in [0.1, 0.15) is 6.26 Å². The number of nitrogens with zero attached hydrogens (tertiary/aromatic N) is 3. The Hall–Kier alpha value is -2.67. The zero-order chi connectivity index (χ0) is 21.3. The fourth-order valence-electron chi connectivity index (χ4n) is 3.49. The highest BCUT2D eigenvalue weighted by atomic mass is 32.2. The molecular formula is C24H27N4OS+. The van der Waals surface area contributed by atoms with Crippen LogP contribution in [0, 0.1) is 0 Å². The summed E-state index contributed by atoms with van der Waals surface area (Å²) in [6, 6.07) is 16.3. The Morgan fingerprint density at radius 3 is 2.40 bits per heavy atom. The molecular weight excluding hydrogens is 392 g/mol. The number of benzene rings is 2. The van der Waals surface area contributed by atoms with Crippen molar-refractivity contribution in [3.8, 4) is 22.3 Å². The lowest BCUT2D eigenvalue weighted by molar-refractivity contribution is 0.645. The molecule has 2 aromatic carbocycles. The Balaban J connectivity index is 0.00000106. The highest BCUT2D eigenvalue weighted by Gasteiger charge is 2.39. The van der Waals surface area contributed by atoms with Gasteiger partial charge in [0, 0.05) is 35.1 Å². The summed E-state index contributed by atoms with van der Waals surface area (Å²) < 4.78 is 11.7. The molecule has 30 heavy (non-hydrogen) atoms. The van der Waals surface area contributed by atoms with Crippen LogP contribution in [0.2, 0.25) is 0 Å². The van der Waals surface area contributed by atoms with Crippen LogP contribution in [0.1, 0.15) is 32.3 Å². The minimum atomic E-state index is -0.774. The van der Waals surface area contributed by atoms with E-state index in [4.69, 9.17) is 5.73 Å². The van der Waals surface area contributed by atoms with Crippen LogP contribution in [0.3, 0.4) is 0 Å². The van der Waals surface area contributed by atoms with Crippen molar-refractivity contribution in [1.29, 1.82) is 0 Å². The van der Waals surface area contributed by atoms with Gasteiger partial charge in [-0.2, -0.15) is 9.65 Å². The lowest BCUT2D eigenvalue weighted by Crippen LogP contribution is -2.18. The van der Waals surface area contributed by atoms with Crippen LogP contribution >= 0.6 is 0 Å². The first-order valence-corrected chi connectivity index (χ1v) is 11.8. The van der Waals surface area contributed by atoms with E-state index in [9.17, 15) is 4.55 Å². The molecule has 0 spiro atoms. The third-order valence-electron chi connectivity index (χ3n) is 5.42. The smallest absolute Gasteiger partial charge is 0.190 e. The lowest BCUT2D eigenvalue weighted by atomic mass is 10.0. The monoisotopic (exact) mass is 419 g/mol. The third kappa shape index (κ3) is 3.86. The maximum Gasteiger partial charge on any atom is 0.190 e. The molecule has 1 unspecified atom stereocenters. The van der Waals surface area contributed by atoms with E-state index in [1.54, 1.807) is 10.8 Å². The van der Waals surface area contributed by atoms with Gasteiger partial charge in [-0.3, -0.25) is 0 Å². The molecule has 5 rings (SSSR count). The van der Waals surface area contributed by atoms with Crippen LogP contribution in [0.5, 0.6) is 0 Å². The van der Waals surface area contributed by atoms with Gasteiger partial charge in [0.2, 0.25) is 0 Å². The summed E-state index contributed by atoms with van der Waals surface area (Å²) in [5.74, 6) is 0. The standard InChI is InChI=1S/C22H21N4OS.C2H6/c1-28(27)19-4-2-3-16(11-19)20-13-25-26-14-17(12-24-21(20)26)15-5-7-18(8-6-15)22(23)9-10-22;1-2/h2-8,11-14,27H,9-10,23H2,1H3;1-2H3/q+1;. The van der Waals surface area contributed by atoms with Gasteiger partial charge in [-0.15, -0.1) is 0 Å². The molecule has 2 aromatic heterocycles. The van der Waals surface area contributed by atoms with E-state index < -0.39 is 11.2 Å². The van der Waals surface area contributed by atoms with Crippen LogP contribution in [-0.4, -0.2) is 25.4 Å². The van der Waals surface area contributed by atoms with Crippen molar-refractivity contribution in [3.63, 3.8) is 0 Å². The largest absolute Gasteiger partial charge is 0.321 e. The van der Waals surface area contributed by atoms with Gasteiger partial charge in [0.05, 0.1) is 6.20 Å². The van der Waals surface area contributed by atoms with Gasteiger partial charge < -0.3 is 5.73 Å². The fourth-order valence-corrected chi connectivity index (χ4v) is 4.07. The molecule has 6 heteroatoms. The second kappa shape index (κ2) is 8.22. The van der Waals surface area contributed by atoms with Crippen molar-refractivity contribution in [1.82, 2.24) is 14.6 Å². The molecule has 1 saturated carbocycles. The first-order chi connectivity index (χ1) is 14.5. The van der Waals surface area contributed by atoms with Crippen molar-refractivity contribution in [2.45, 2.75) is 37.1 Å². The summed E-state index contributed by atoms with van der Waals surface area (Å²) in [7, 11) is 0. The molecule has 1 aliphatic rings. The van der Waals surface area contributed by atoms with Crippen LogP contribution in [0.25, 0.3) is 27.9 Å². The highest BCUT2D eigenvalue weighted by Crippen LogP contribution is 2.42. The zero-order valence-corrected chi connectivity index (χ0v) is 18.4. The first kappa shape index (κ1) is 20.6. The van der Waals surface area contributed by atoms with Gasteiger partial charge >= 0.3 is 0 Å². The minimum Gasteiger partial charge on any atom is -0.321 e. The second-order valence-electron chi connectivity index (χ2n) is 7.41. The number of hydrogen-bond donors (Lipinski definition) is 2. The van der Waals surface area contributed by atoms with Crippen LogP contribution in [-0.2, 0) is 16.7 Å². The Morgan fingerprint density at radius 2 is 1.73 bits per heavy atom. The Labute approximate surface area is 180 Å². The van der Waals surface area contributed by atoms with E-state index in [-0.39, 0.29) is 5.54 Å². The summed E-state index contributed by atoms with van der Waals surface area (Å²) in [6.45, 7) is 4.00. The molecule has 0 saturated heterocycles. The number of rotatable bonds is 4. The summed E-state index contributed by atoms with van der Waals surface area (Å²) in [5.41, 5.74) is 12.2. The maximum absolute atomic E-state index is 9.88. The van der Waals surface area contributed by atoms with Gasteiger partial charge in [-0.1, -0.05) is 50.2 Å². The lowest BCUT2D eigenvalue weighted by Gasteiger charge is -2.10. The van der Waals surface area contributed by atoms with E-state index in [1.807, 2.05) is 56.7 Å². The number of hydrogen-bond acceptors (Lipinski definition) is 4. The Bertz CT molecular complexity index is 1160. The summed E-state index contributed by atoms with van der Waals surface area (Å²) >= 11 is -0.774. The van der Waals surface area contributed by atoms with Crippen molar-refractivity contribution in [2.75, 3.05) is 6.26 Å². The average molecular weight is 420 g/mol. The number of aromatic nitrogens is 3. The van der Waals surface area contributed by atoms with Crippen LogP contribution < -0.4 is 5.73 Å². The molecule has 1 atom stereocenters. The predicted molar refractivity (Wildman–Crippen MR) is 124 cm³/mol.